The first-order chi connectivity index (χ1) is 18.4. The molecule has 0 atom stereocenters. The van der Waals surface area contributed by atoms with Crippen LogP contribution < -0.4 is 0 Å². The maximum absolute atomic E-state index is 11.5. The van der Waals surface area contributed by atoms with Gasteiger partial charge in [0.25, 0.3) is 5.97 Å². The first kappa shape index (κ1) is 37.1. The Morgan fingerprint density at radius 2 is 0.921 bits per heavy atom. The SMILES string of the molecule is C=C(C)C(=O)OCCCCCCCCC(CCCCCCCC)(CCCCCCCC)C(OC)(OC)OC. The Morgan fingerprint density at radius 3 is 1.26 bits per heavy atom. The van der Waals surface area contributed by atoms with E-state index in [1.54, 1.807) is 28.3 Å². The van der Waals surface area contributed by atoms with E-state index in [0.29, 0.717) is 12.2 Å². The summed E-state index contributed by atoms with van der Waals surface area (Å²) in [6, 6.07) is 0. The second-order valence-electron chi connectivity index (χ2n) is 11.3. The number of ether oxygens (including phenoxy) is 4. The Balaban J connectivity index is 5.04. The van der Waals surface area contributed by atoms with Gasteiger partial charge in [0, 0.05) is 26.9 Å². The van der Waals surface area contributed by atoms with Gasteiger partial charge in [0.15, 0.2) is 0 Å². The van der Waals surface area contributed by atoms with Crippen molar-refractivity contribution in [2.75, 3.05) is 27.9 Å². The van der Waals surface area contributed by atoms with Crippen LogP contribution in [0.15, 0.2) is 12.2 Å². The molecule has 0 aliphatic carbocycles. The molecule has 0 unspecified atom stereocenters. The van der Waals surface area contributed by atoms with E-state index in [9.17, 15) is 4.79 Å². The minimum Gasteiger partial charge on any atom is -0.462 e. The predicted octanol–water partition coefficient (Wildman–Crippen LogP) is 9.92. The van der Waals surface area contributed by atoms with Crippen LogP contribution in [-0.2, 0) is 23.7 Å². The molecule has 0 aromatic carbocycles. The minimum atomic E-state index is -0.993. The molecule has 5 heteroatoms. The molecule has 0 bridgehead atoms. The molecule has 0 saturated heterocycles. The van der Waals surface area contributed by atoms with Crippen LogP contribution in [0.2, 0.25) is 0 Å². The van der Waals surface area contributed by atoms with Crippen LogP contribution in [0.3, 0.4) is 0 Å². The second-order valence-corrected chi connectivity index (χ2v) is 11.3. The quantitative estimate of drug-likeness (QED) is 0.0428. The van der Waals surface area contributed by atoms with Crippen molar-refractivity contribution < 1.29 is 23.7 Å². The largest absolute Gasteiger partial charge is 0.462 e. The molecule has 0 radical (unpaired) electrons. The molecule has 0 heterocycles. The molecular formula is C33H64O5. The van der Waals surface area contributed by atoms with Gasteiger partial charge in [-0.05, 0) is 32.6 Å². The Morgan fingerprint density at radius 1 is 0.579 bits per heavy atom. The maximum atomic E-state index is 11.5. The first-order valence-corrected chi connectivity index (χ1v) is 15.9. The summed E-state index contributed by atoms with van der Waals surface area (Å²) in [7, 11) is 5.22. The van der Waals surface area contributed by atoms with Crippen molar-refractivity contribution in [1.29, 1.82) is 0 Å². The van der Waals surface area contributed by atoms with Crippen LogP contribution in [0.1, 0.15) is 156 Å². The van der Waals surface area contributed by atoms with Gasteiger partial charge in [-0.15, -0.1) is 0 Å². The van der Waals surface area contributed by atoms with Gasteiger partial charge in [0.1, 0.15) is 0 Å². The van der Waals surface area contributed by atoms with Gasteiger partial charge in [-0.25, -0.2) is 4.79 Å². The van der Waals surface area contributed by atoms with Gasteiger partial charge < -0.3 is 18.9 Å². The van der Waals surface area contributed by atoms with Crippen molar-refractivity contribution in [3.8, 4) is 0 Å². The number of carbonyl (C=O) groups is 1. The zero-order chi connectivity index (χ0) is 28.5. The van der Waals surface area contributed by atoms with E-state index in [1.807, 2.05) is 0 Å². The van der Waals surface area contributed by atoms with Gasteiger partial charge in [-0.3, -0.25) is 0 Å². The number of rotatable bonds is 28. The Kier molecular flexibility index (Phi) is 23.4. The summed E-state index contributed by atoms with van der Waals surface area (Å²) in [6.07, 6.45) is 25.3. The first-order valence-electron chi connectivity index (χ1n) is 15.9. The minimum absolute atomic E-state index is 0.141. The fraction of sp³-hybridized carbons (Fsp3) is 0.909. The molecular weight excluding hydrogens is 476 g/mol. The number of methoxy groups -OCH3 is 3. The third-order valence-electron chi connectivity index (χ3n) is 8.10. The highest BCUT2D eigenvalue weighted by Gasteiger charge is 2.52. The number of hydrogen-bond donors (Lipinski definition) is 0. The average Bonchev–Trinajstić information content (AvgIpc) is 2.92. The van der Waals surface area contributed by atoms with Gasteiger partial charge in [0.2, 0.25) is 0 Å². The van der Waals surface area contributed by atoms with E-state index in [2.05, 4.69) is 20.4 Å². The van der Waals surface area contributed by atoms with Crippen LogP contribution in [0.25, 0.3) is 0 Å². The lowest BCUT2D eigenvalue weighted by molar-refractivity contribution is -0.411. The summed E-state index contributed by atoms with van der Waals surface area (Å²) in [6.45, 7) is 10.3. The summed E-state index contributed by atoms with van der Waals surface area (Å²) < 4.78 is 23.4. The lowest BCUT2D eigenvalue weighted by Crippen LogP contribution is -2.53. The monoisotopic (exact) mass is 540 g/mol. The third-order valence-corrected chi connectivity index (χ3v) is 8.10. The molecule has 0 N–H and O–H groups in total. The summed E-state index contributed by atoms with van der Waals surface area (Å²) in [5.74, 6) is -1.28. The highest BCUT2D eigenvalue weighted by Crippen LogP contribution is 2.49. The van der Waals surface area contributed by atoms with Crippen molar-refractivity contribution in [3.05, 3.63) is 12.2 Å². The summed E-state index contributed by atoms with van der Waals surface area (Å²) in [4.78, 5) is 11.5. The van der Waals surface area contributed by atoms with Crippen LogP contribution in [0.5, 0.6) is 0 Å². The fourth-order valence-corrected chi connectivity index (χ4v) is 5.78. The van der Waals surface area contributed by atoms with E-state index in [4.69, 9.17) is 18.9 Å². The lowest BCUT2D eigenvalue weighted by atomic mass is 9.71. The molecule has 38 heavy (non-hydrogen) atoms. The Hall–Kier alpha value is -0.910. The van der Waals surface area contributed by atoms with Gasteiger partial charge in [-0.1, -0.05) is 130 Å². The number of unbranched alkanes of at least 4 members (excludes halogenated alkanes) is 15. The van der Waals surface area contributed by atoms with Crippen LogP contribution in [0.4, 0.5) is 0 Å². The molecule has 0 saturated carbocycles. The van der Waals surface area contributed by atoms with Crippen molar-refractivity contribution in [3.63, 3.8) is 0 Å². The van der Waals surface area contributed by atoms with Gasteiger partial charge in [-0.2, -0.15) is 0 Å². The van der Waals surface area contributed by atoms with Gasteiger partial charge in [0.05, 0.1) is 12.0 Å². The maximum Gasteiger partial charge on any atom is 0.333 e. The lowest BCUT2D eigenvalue weighted by Gasteiger charge is -2.47. The predicted molar refractivity (Wildman–Crippen MR) is 160 cm³/mol. The standard InChI is InChI=1S/C33H64O5/c1-8-10-12-14-18-22-26-32(33(35-5,36-6)37-7,27-23-19-15-13-11-9-2)28-24-20-16-17-21-25-29-38-31(34)30(3)4/h3,8-29H2,1-2,4-7H3. The summed E-state index contributed by atoms with van der Waals surface area (Å²) in [5, 5.41) is 0. The second kappa shape index (κ2) is 23.9. The molecule has 0 rings (SSSR count). The zero-order valence-electron chi connectivity index (χ0n) is 26.3. The van der Waals surface area contributed by atoms with Crippen molar-refractivity contribution in [2.24, 2.45) is 5.41 Å². The van der Waals surface area contributed by atoms with E-state index < -0.39 is 5.97 Å². The van der Waals surface area contributed by atoms with E-state index in [1.165, 1.54) is 89.9 Å². The molecule has 0 aromatic rings. The van der Waals surface area contributed by atoms with E-state index >= 15 is 0 Å². The molecule has 0 aliphatic rings. The number of esters is 1. The van der Waals surface area contributed by atoms with Crippen molar-refractivity contribution >= 4 is 5.97 Å². The highest BCUT2D eigenvalue weighted by molar-refractivity contribution is 5.86. The van der Waals surface area contributed by atoms with E-state index in [-0.39, 0.29) is 11.4 Å². The van der Waals surface area contributed by atoms with Crippen LogP contribution in [-0.4, -0.2) is 39.9 Å². The van der Waals surface area contributed by atoms with Gasteiger partial charge >= 0.3 is 5.97 Å². The van der Waals surface area contributed by atoms with Crippen molar-refractivity contribution in [1.82, 2.24) is 0 Å². The van der Waals surface area contributed by atoms with Crippen LogP contribution >= 0.6 is 0 Å². The molecule has 0 amide bonds. The van der Waals surface area contributed by atoms with Crippen molar-refractivity contribution in [2.45, 2.75) is 162 Å². The number of hydrogen-bond acceptors (Lipinski definition) is 5. The van der Waals surface area contributed by atoms with Crippen LogP contribution in [0, 0.1) is 5.41 Å². The molecule has 0 aliphatic heterocycles. The molecule has 0 fully saturated rings. The molecule has 0 spiro atoms. The topological polar surface area (TPSA) is 54.0 Å². The number of carbonyl (C=O) groups excluding carboxylic acids is 1. The fourth-order valence-electron chi connectivity index (χ4n) is 5.78. The molecule has 0 aromatic heterocycles. The third kappa shape index (κ3) is 15.0. The molecule has 226 valence electrons. The normalized spacial score (nSPS) is 12.2. The summed E-state index contributed by atoms with van der Waals surface area (Å²) in [5.41, 5.74) is 0.326. The smallest absolute Gasteiger partial charge is 0.333 e. The Bertz CT molecular complexity index is 545. The average molecular weight is 541 g/mol. The summed E-state index contributed by atoms with van der Waals surface area (Å²) >= 11 is 0. The highest BCUT2D eigenvalue weighted by atomic mass is 16.9. The Labute approximate surface area is 236 Å². The molecule has 5 nitrogen and oxygen atoms in total. The van der Waals surface area contributed by atoms with E-state index in [0.717, 1.165) is 44.9 Å². The zero-order valence-corrected chi connectivity index (χ0v) is 26.3.